The summed E-state index contributed by atoms with van der Waals surface area (Å²) in [5, 5.41) is 0. The molecule has 0 atom stereocenters. The molecule has 0 N–H and O–H groups in total. The monoisotopic (exact) mass is 400 g/mol. The predicted octanol–water partition coefficient (Wildman–Crippen LogP) is 5.12. The van der Waals surface area contributed by atoms with Crippen molar-refractivity contribution >= 4 is 17.4 Å². The van der Waals surface area contributed by atoms with Crippen LogP contribution in [0.25, 0.3) is 17.4 Å². The summed E-state index contributed by atoms with van der Waals surface area (Å²) < 4.78 is 19.3. The Morgan fingerprint density at radius 3 is 2.33 bits per heavy atom. The fourth-order valence-corrected chi connectivity index (χ4v) is 3.70. The molecule has 0 spiro atoms. The lowest BCUT2D eigenvalue weighted by atomic mass is 9.94. The molecular weight excluding hydrogens is 374 g/mol. The van der Waals surface area contributed by atoms with Gasteiger partial charge in [0.25, 0.3) is 0 Å². The Hall–Kier alpha value is -3.53. The van der Waals surface area contributed by atoms with Crippen LogP contribution in [-0.4, -0.2) is 14.2 Å². The summed E-state index contributed by atoms with van der Waals surface area (Å²) in [6, 6.07) is 14.4. The van der Waals surface area contributed by atoms with Gasteiger partial charge in [-0.3, -0.25) is 0 Å². The van der Waals surface area contributed by atoms with Crippen molar-refractivity contribution < 1.29 is 18.8 Å². The maximum atomic E-state index is 6.38. The maximum Gasteiger partial charge on any atom is 0.169 e. The molecule has 1 aromatic heterocycles. The van der Waals surface area contributed by atoms with Gasteiger partial charge in [-0.05, 0) is 72.5 Å². The minimum absolute atomic E-state index is 0.673. The molecule has 30 heavy (non-hydrogen) atoms. The Balaban J connectivity index is 1.87. The fourth-order valence-electron chi connectivity index (χ4n) is 3.70. The van der Waals surface area contributed by atoms with E-state index in [-0.39, 0.29) is 0 Å². The minimum atomic E-state index is 0.673. The first-order valence-electron chi connectivity index (χ1n) is 9.89. The lowest BCUT2D eigenvalue weighted by Gasteiger charge is -2.23. The molecule has 4 nitrogen and oxygen atoms in total. The predicted molar refractivity (Wildman–Crippen MR) is 120 cm³/mol. The number of hydrogen-bond acceptors (Lipinski definition) is 3. The van der Waals surface area contributed by atoms with Gasteiger partial charge < -0.3 is 14.2 Å². The van der Waals surface area contributed by atoms with E-state index in [0.717, 1.165) is 39.3 Å². The van der Waals surface area contributed by atoms with Crippen LogP contribution < -0.4 is 18.8 Å². The summed E-state index contributed by atoms with van der Waals surface area (Å²) in [6.45, 7) is 4.20. The minimum Gasteiger partial charge on any atom is -0.493 e. The Morgan fingerprint density at radius 1 is 0.900 bits per heavy atom. The van der Waals surface area contributed by atoms with Gasteiger partial charge in [0.2, 0.25) is 0 Å². The van der Waals surface area contributed by atoms with Gasteiger partial charge in [0.05, 0.1) is 14.2 Å². The van der Waals surface area contributed by atoms with Crippen LogP contribution in [0.3, 0.4) is 0 Å². The molecule has 2 aromatic carbocycles. The number of methoxy groups -OCH3 is 2. The van der Waals surface area contributed by atoms with Crippen molar-refractivity contribution in [1.29, 1.82) is 0 Å². The number of nitrogens with zero attached hydrogens (tertiary/aromatic N) is 1. The highest BCUT2D eigenvalue weighted by molar-refractivity contribution is 5.96. The second kappa shape index (κ2) is 8.07. The zero-order chi connectivity index (χ0) is 21.3. The number of hydrogen-bond donors (Lipinski definition) is 0. The lowest BCUT2D eigenvalue weighted by Crippen LogP contribution is -2.25. The van der Waals surface area contributed by atoms with Gasteiger partial charge in [0.15, 0.2) is 23.9 Å². The third-order valence-corrected chi connectivity index (χ3v) is 5.22. The molecule has 0 saturated heterocycles. The van der Waals surface area contributed by atoms with E-state index < -0.39 is 0 Å². The summed E-state index contributed by atoms with van der Waals surface area (Å²) in [6.07, 6.45) is 8.39. The van der Waals surface area contributed by atoms with E-state index >= 15 is 0 Å². The zero-order valence-electron chi connectivity index (χ0n) is 18.0. The van der Waals surface area contributed by atoms with Crippen molar-refractivity contribution in [1.82, 2.24) is 0 Å². The zero-order valence-corrected chi connectivity index (χ0v) is 18.0. The number of aromatic nitrogens is 1. The number of fused-ring (bicyclic) bond motifs is 1. The highest BCUT2D eigenvalue weighted by Crippen LogP contribution is 2.41. The van der Waals surface area contributed by atoms with Crippen molar-refractivity contribution in [2.75, 3.05) is 14.2 Å². The summed E-state index contributed by atoms with van der Waals surface area (Å²) in [5.41, 5.74) is 6.61. The number of benzene rings is 2. The van der Waals surface area contributed by atoms with Crippen molar-refractivity contribution in [2.24, 2.45) is 7.05 Å². The van der Waals surface area contributed by atoms with E-state index in [0.29, 0.717) is 11.5 Å². The molecule has 1 aliphatic heterocycles. The Morgan fingerprint density at radius 2 is 1.63 bits per heavy atom. The molecule has 3 aromatic rings. The standard InChI is InChI=1S/C26H26NO3/c1-17-12-18(2)26-22(13-17)21(14-19-8-10-27(3)11-9-19)16-24(30-26)20-6-7-23(28-4)25(15-20)29-5/h6-16H,1-5H3/q+1/b21-14+. The van der Waals surface area contributed by atoms with E-state index in [1.54, 1.807) is 14.2 Å². The smallest absolute Gasteiger partial charge is 0.169 e. The van der Waals surface area contributed by atoms with Gasteiger partial charge in [0.1, 0.15) is 18.6 Å². The summed E-state index contributed by atoms with van der Waals surface area (Å²) in [7, 11) is 5.29. The molecular formula is C26H26NO3+. The largest absolute Gasteiger partial charge is 0.493 e. The molecule has 2 heterocycles. The number of pyridine rings is 1. The summed E-state index contributed by atoms with van der Waals surface area (Å²) >= 11 is 0. The van der Waals surface area contributed by atoms with Gasteiger partial charge in [-0.15, -0.1) is 0 Å². The number of aryl methyl sites for hydroxylation is 3. The molecule has 0 bridgehead atoms. The molecule has 4 rings (SSSR count). The molecule has 0 amide bonds. The second-order valence-electron chi connectivity index (χ2n) is 7.54. The van der Waals surface area contributed by atoms with Crippen LogP contribution >= 0.6 is 0 Å². The van der Waals surface area contributed by atoms with Gasteiger partial charge in [-0.1, -0.05) is 6.07 Å². The topological polar surface area (TPSA) is 31.6 Å². The molecule has 0 saturated carbocycles. The number of allylic oxidation sites excluding steroid dienone is 2. The third-order valence-electron chi connectivity index (χ3n) is 5.22. The molecule has 0 radical (unpaired) electrons. The fraction of sp³-hybridized carbons (Fsp3) is 0.192. The van der Waals surface area contributed by atoms with Gasteiger partial charge in [-0.25, -0.2) is 4.57 Å². The van der Waals surface area contributed by atoms with Crippen LogP contribution in [0.15, 0.2) is 60.9 Å². The third kappa shape index (κ3) is 3.81. The van der Waals surface area contributed by atoms with E-state index in [1.165, 1.54) is 5.56 Å². The van der Waals surface area contributed by atoms with Gasteiger partial charge in [0, 0.05) is 23.3 Å². The first-order chi connectivity index (χ1) is 14.5. The van der Waals surface area contributed by atoms with Gasteiger partial charge >= 0.3 is 0 Å². The molecule has 0 fully saturated rings. The normalized spacial score (nSPS) is 14.0. The van der Waals surface area contributed by atoms with Crippen LogP contribution in [0.5, 0.6) is 17.2 Å². The first-order valence-corrected chi connectivity index (χ1v) is 9.89. The van der Waals surface area contributed by atoms with E-state index in [4.69, 9.17) is 14.2 Å². The highest BCUT2D eigenvalue weighted by atomic mass is 16.5. The van der Waals surface area contributed by atoms with E-state index in [1.807, 2.05) is 42.2 Å². The molecule has 0 aliphatic carbocycles. The lowest BCUT2D eigenvalue weighted by molar-refractivity contribution is -0.671. The van der Waals surface area contributed by atoms with Gasteiger partial charge in [-0.2, -0.15) is 0 Å². The Labute approximate surface area is 177 Å². The average Bonchev–Trinajstić information content (AvgIpc) is 2.75. The van der Waals surface area contributed by atoms with Crippen molar-refractivity contribution in [3.8, 4) is 17.2 Å². The van der Waals surface area contributed by atoms with E-state index in [2.05, 4.69) is 50.3 Å². The van der Waals surface area contributed by atoms with Crippen LogP contribution in [0.2, 0.25) is 0 Å². The summed E-state index contributed by atoms with van der Waals surface area (Å²) in [5.74, 6) is 3.04. The van der Waals surface area contributed by atoms with Crippen LogP contribution in [-0.2, 0) is 7.05 Å². The molecule has 0 unspecified atom stereocenters. The van der Waals surface area contributed by atoms with Crippen molar-refractivity contribution in [3.63, 3.8) is 0 Å². The molecule has 1 aliphatic rings. The Kier molecular flexibility index (Phi) is 5.32. The first kappa shape index (κ1) is 19.8. The quantitative estimate of drug-likeness (QED) is 0.570. The van der Waals surface area contributed by atoms with Crippen LogP contribution in [0.1, 0.15) is 27.8 Å². The van der Waals surface area contributed by atoms with Crippen molar-refractivity contribution in [3.05, 3.63) is 88.8 Å². The van der Waals surface area contributed by atoms with Crippen molar-refractivity contribution in [2.45, 2.75) is 13.8 Å². The molecule has 152 valence electrons. The van der Waals surface area contributed by atoms with Crippen LogP contribution in [0, 0.1) is 13.8 Å². The average molecular weight is 400 g/mol. The van der Waals surface area contributed by atoms with E-state index in [9.17, 15) is 0 Å². The Bertz CT molecular complexity index is 1160. The highest BCUT2D eigenvalue weighted by Gasteiger charge is 2.21. The summed E-state index contributed by atoms with van der Waals surface area (Å²) in [4.78, 5) is 0. The molecule has 4 heteroatoms. The second-order valence-corrected chi connectivity index (χ2v) is 7.54. The van der Waals surface area contributed by atoms with Crippen LogP contribution in [0.4, 0.5) is 0 Å². The maximum absolute atomic E-state index is 6.38. The number of ether oxygens (including phenoxy) is 3. The SMILES string of the molecule is COc1ccc(C2=C/C(=C\c3cc[n+](C)cc3)c3cc(C)cc(C)c3O2)cc1OC. The number of rotatable bonds is 4.